The lowest BCUT2D eigenvalue weighted by molar-refractivity contribution is -0.134. The van der Waals surface area contributed by atoms with Crippen LogP contribution in [0.3, 0.4) is 0 Å². The first-order chi connectivity index (χ1) is 13.4. The van der Waals surface area contributed by atoms with Gasteiger partial charge in [0.05, 0.1) is 6.54 Å². The Kier molecular flexibility index (Phi) is 6.43. The molecule has 0 atom stereocenters. The van der Waals surface area contributed by atoms with Gasteiger partial charge in [-0.05, 0) is 25.2 Å². The van der Waals surface area contributed by atoms with Crippen molar-refractivity contribution in [2.75, 3.05) is 12.4 Å². The second-order valence-electron chi connectivity index (χ2n) is 7.77. The Bertz CT molecular complexity index is 811. The molecule has 2 amide bonds. The Balaban J connectivity index is 1.64. The van der Waals surface area contributed by atoms with Gasteiger partial charge in [-0.25, -0.2) is 4.98 Å². The average Bonchev–Trinajstić information content (AvgIpc) is 3.27. The molecule has 0 aromatic carbocycles. The van der Waals surface area contributed by atoms with Crippen molar-refractivity contribution in [1.82, 2.24) is 24.6 Å². The number of aromatic nitrogens is 4. The van der Waals surface area contributed by atoms with E-state index >= 15 is 0 Å². The molecule has 1 N–H and O–H groups in total. The van der Waals surface area contributed by atoms with Gasteiger partial charge in [-0.1, -0.05) is 19.3 Å². The lowest BCUT2D eigenvalue weighted by Gasteiger charge is -2.37. The van der Waals surface area contributed by atoms with E-state index in [0.29, 0.717) is 24.5 Å². The van der Waals surface area contributed by atoms with Crippen LogP contribution in [0.5, 0.6) is 0 Å². The van der Waals surface area contributed by atoms with Crippen LogP contribution in [0, 0.1) is 12.3 Å². The summed E-state index contributed by atoms with van der Waals surface area (Å²) in [7, 11) is 3.69. The standard InChI is InChI=1S/C19H28N6O2S/c1-14-22-23-15(25(14)3)13-24(2)17(27)12-19(7-5-4-6-8-19)11-16(26)21-18-20-9-10-28-18/h9-10H,4-8,11-13H2,1-3H3,(H,20,21,26). The summed E-state index contributed by atoms with van der Waals surface area (Å²) >= 11 is 1.40. The van der Waals surface area contributed by atoms with E-state index in [4.69, 9.17) is 0 Å². The van der Waals surface area contributed by atoms with Crippen LogP contribution in [0.15, 0.2) is 11.6 Å². The van der Waals surface area contributed by atoms with E-state index in [1.165, 1.54) is 11.3 Å². The molecule has 3 rings (SSSR count). The van der Waals surface area contributed by atoms with Crippen molar-refractivity contribution in [2.24, 2.45) is 12.5 Å². The van der Waals surface area contributed by atoms with Crippen molar-refractivity contribution >= 4 is 28.3 Å². The Morgan fingerprint density at radius 1 is 1.25 bits per heavy atom. The molecule has 0 radical (unpaired) electrons. The molecule has 1 aliphatic rings. The van der Waals surface area contributed by atoms with Gasteiger partial charge in [0.2, 0.25) is 11.8 Å². The second kappa shape index (κ2) is 8.81. The van der Waals surface area contributed by atoms with Crippen LogP contribution in [-0.4, -0.2) is 43.5 Å². The van der Waals surface area contributed by atoms with E-state index in [9.17, 15) is 9.59 Å². The van der Waals surface area contributed by atoms with E-state index in [-0.39, 0.29) is 17.2 Å². The first-order valence-corrected chi connectivity index (χ1v) is 10.5. The summed E-state index contributed by atoms with van der Waals surface area (Å²) in [4.78, 5) is 31.4. The predicted molar refractivity (Wildman–Crippen MR) is 108 cm³/mol. The molecule has 8 nitrogen and oxygen atoms in total. The monoisotopic (exact) mass is 404 g/mol. The van der Waals surface area contributed by atoms with Gasteiger partial charge in [0.25, 0.3) is 0 Å². The predicted octanol–water partition coefficient (Wildman–Crippen LogP) is 2.91. The average molecular weight is 405 g/mol. The minimum absolute atomic E-state index is 0.0459. The number of hydrogen-bond acceptors (Lipinski definition) is 6. The third-order valence-electron chi connectivity index (χ3n) is 5.64. The third-order valence-corrected chi connectivity index (χ3v) is 6.33. The molecule has 2 aromatic heterocycles. The Hall–Kier alpha value is -2.29. The van der Waals surface area contributed by atoms with E-state index in [0.717, 1.165) is 43.8 Å². The van der Waals surface area contributed by atoms with Crippen LogP contribution >= 0.6 is 11.3 Å². The number of carbonyl (C=O) groups is 2. The summed E-state index contributed by atoms with van der Waals surface area (Å²) in [6, 6.07) is 0. The number of thiazole rings is 1. The van der Waals surface area contributed by atoms with Gasteiger partial charge in [0.1, 0.15) is 5.82 Å². The molecule has 0 bridgehead atoms. The highest BCUT2D eigenvalue weighted by Crippen LogP contribution is 2.43. The molecule has 1 saturated carbocycles. The van der Waals surface area contributed by atoms with Gasteiger partial charge in [-0.2, -0.15) is 0 Å². The maximum Gasteiger partial charge on any atom is 0.226 e. The topological polar surface area (TPSA) is 93.0 Å². The Labute approximate surface area is 169 Å². The summed E-state index contributed by atoms with van der Waals surface area (Å²) in [5.74, 6) is 1.56. The van der Waals surface area contributed by atoms with Crippen LogP contribution in [0.25, 0.3) is 0 Å². The lowest BCUT2D eigenvalue weighted by Crippen LogP contribution is -2.37. The smallest absolute Gasteiger partial charge is 0.226 e. The zero-order valence-electron chi connectivity index (χ0n) is 16.8. The van der Waals surface area contributed by atoms with E-state index in [2.05, 4.69) is 20.5 Å². The summed E-state index contributed by atoms with van der Waals surface area (Å²) in [5.41, 5.74) is -0.277. The first kappa shape index (κ1) is 20.4. The van der Waals surface area contributed by atoms with Gasteiger partial charge in [-0.3, -0.25) is 9.59 Å². The Morgan fingerprint density at radius 3 is 2.61 bits per heavy atom. The molecule has 9 heteroatoms. The SMILES string of the molecule is Cc1nnc(CN(C)C(=O)CC2(CC(=O)Nc3nccs3)CCCCC2)n1C. The van der Waals surface area contributed by atoms with Crippen molar-refractivity contribution in [3.05, 3.63) is 23.2 Å². The number of hydrogen-bond donors (Lipinski definition) is 1. The summed E-state index contributed by atoms with van der Waals surface area (Å²) in [6.07, 6.45) is 7.50. The van der Waals surface area contributed by atoms with Crippen molar-refractivity contribution in [1.29, 1.82) is 0 Å². The highest BCUT2D eigenvalue weighted by atomic mass is 32.1. The quantitative estimate of drug-likeness (QED) is 0.766. The molecule has 2 aromatic rings. The van der Waals surface area contributed by atoms with Gasteiger partial charge >= 0.3 is 0 Å². The molecule has 0 saturated heterocycles. The molecule has 0 unspecified atom stereocenters. The zero-order chi connectivity index (χ0) is 20.1. The molecule has 1 aliphatic carbocycles. The normalized spacial score (nSPS) is 16.0. The highest BCUT2D eigenvalue weighted by Gasteiger charge is 2.37. The molecule has 2 heterocycles. The second-order valence-corrected chi connectivity index (χ2v) is 8.67. The number of carbonyl (C=O) groups excluding carboxylic acids is 2. The zero-order valence-corrected chi connectivity index (χ0v) is 17.6. The van der Waals surface area contributed by atoms with E-state index in [1.54, 1.807) is 18.1 Å². The van der Waals surface area contributed by atoms with Gasteiger partial charge in [-0.15, -0.1) is 21.5 Å². The minimum Gasteiger partial charge on any atom is -0.338 e. The summed E-state index contributed by atoms with van der Waals surface area (Å²) in [6.45, 7) is 2.30. The molecule has 152 valence electrons. The number of nitrogens with one attached hydrogen (secondary N) is 1. The molecule has 0 aliphatic heterocycles. The number of rotatable bonds is 7. The van der Waals surface area contributed by atoms with Crippen molar-refractivity contribution in [2.45, 2.75) is 58.4 Å². The van der Waals surface area contributed by atoms with Crippen LogP contribution in [0.4, 0.5) is 5.13 Å². The molecule has 1 fully saturated rings. The fourth-order valence-corrected chi connectivity index (χ4v) is 4.40. The number of anilines is 1. The number of nitrogens with zero attached hydrogens (tertiary/aromatic N) is 5. The summed E-state index contributed by atoms with van der Waals surface area (Å²) in [5, 5.41) is 13.5. The lowest BCUT2D eigenvalue weighted by atomic mass is 9.69. The van der Waals surface area contributed by atoms with E-state index in [1.807, 2.05) is 23.9 Å². The maximum absolute atomic E-state index is 13.0. The van der Waals surface area contributed by atoms with Gasteiger partial charge < -0.3 is 14.8 Å². The largest absolute Gasteiger partial charge is 0.338 e. The fourth-order valence-electron chi connectivity index (χ4n) is 3.85. The minimum atomic E-state index is -0.277. The van der Waals surface area contributed by atoms with Crippen LogP contribution in [-0.2, 0) is 23.2 Å². The van der Waals surface area contributed by atoms with Crippen molar-refractivity contribution in [3.8, 4) is 0 Å². The van der Waals surface area contributed by atoms with E-state index < -0.39 is 0 Å². The van der Waals surface area contributed by atoms with Crippen LogP contribution < -0.4 is 5.32 Å². The molecular formula is C19H28N6O2S. The van der Waals surface area contributed by atoms with Crippen LogP contribution in [0.2, 0.25) is 0 Å². The van der Waals surface area contributed by atoms with Crippen molar-refractivity contribution < 1.29 is 9.59 Å². The number of aryl methyl sites for hydroxylation is 1. The molecule has 28 heavy (non-hydrogen) atoms. The Morgan fingerprint density at radius 2 is 2.00 bits per heavy atom. The number of amides is 2. The highest BCUT2D eigenvalue weighted by molar-refractivity contribution is 7.13. The fraction of sp³-hybridized carbons (Fsp3) is 0.632. The third kappa shape index (κ3) is 4.95. The van der Waals surface area contributed by atoms with Crippen LogP contribution in [0.1, 0.15) is 56.6 Å². The van der Waals surface area contributed by atoms with Crippen molar-refractivity contribution in [3.63, 3.8) is 0 Å². The first-order valence-electron chi connectivity index (χ1n) is 9.67. The summed E-state index contributed by atoms with van der Waals surface area (Å²) < 4.78 is 1.89. The maximum atomic E-state index is 13.0. The molecular weight excluding hydrogens is 376 g/mol. The molecule has 0 spiro atoms. The van der Waals surface area contributed by atoms with Gasteiger partial charge in [0.15, 0.2) is 11.0 Å². The van der Waals surface area contributed by atoms with Gasteiger partial charge in [0, 0.05) is 38.5 Å².